The van der Waals surface area contributed by atoms with E-state index >= 15 is 0 Å². The van der Waals surface area contributed by atoms with Crippen LogP contribution in [0.3, 0.4) is 0 Å². The molecule has 0 aliphatic rings. The van der Waals surface area contributed by atoms with E-state index in [2.05, 4.69) is 15.4 Å². The maximum atomic E-state index is 12.4. The molecule has 2 aromatic rings. The van der Waals surface area contributed by atoms with Crippen LogP contribution in [0.2, 0.25) is 0 Å². The van der Waals surface area contributed by atoms with Gasteiger partial charge in [-0.3, -0.25) is 13.9 Å². The fraction of sp³-hybridized carbons (Fsp3) is 0.500. The molecule has 2 heterocycles. The maximum absolute atomic E-state index is 12.4. The zero-order valence-electron chi connectivity index (χ0n) is 11.6. The summed E-state index contributed by atoms with van der Waals surface area (Å²) in [4.78, 5) is 32.9. The first kappa shape index (κ1) is 14.2. The SMILES string of the molecule is CCCn1c(=O)c2ncc(NN)nc2n(CCC)c1=O. The van der Waals surface area contributed by atoms with Gasteiger partial charge in [0.1, 0.15) is 0 Å². The molecule has 2 aromatic heterocycles. The van der Waals surface area contributed by atoms with E-state index in [1.54, 1.807) is 0 Å². The first-order chi connectivity index (χ1) is 9.63. The minimum Gasteiger partial charge on any atom is -0.307 e. The van der Waals surface area contributed by atoms with E-state index in [0.717, 1.165) is 6.42 Å². The van der Waals surface area contributed by atoms with Crippen molar-refractivity contribution in [1.29, 1.82) is 0 Å². The molecule has 0 atom stereocenters. The maximum Gasteiger partial charge on any atom is 0.332 e. The summed E-state index contributed by atoms with van der Waals surface area (Å²) in [6.45, 7) is 4.71. The van der Waals surface area contributed by atoms with Crippen LogP contribution in [-0.2, 0) is 13.1 Å². The summed E-state index contributed by atoms with van der Waals surface area (Å²) in [5, 5.41) is 0. The third-order valence-electron chi connectivity index (χ3n) is 2.96. The Hall–Kier alpha value is -2.22. The van der Waals surface area contributed by atoms with Crippen molar-refractivity contribution in [1.82, 2.24) is 19.1 Å². The Morgan fingerprint density at radius 1 is 1.20 bits per heavy atom. The fourth-order valence-corrected chi connectivity index (χ4v) is 2.08. The van der Waals surface area contributed by atoms with Crippen LogP contribution in [0.1, 0.15) is 26.7 Å². The van der Waals surface area contributed by atoms with Gasteiger partial charge in [-0.15, -0.1) is 0 Å². The van der Waals surface area contributed by atoms with Gasteiger partial charge in [0.05, 0.1) is 6.20 Å². The zero-order chi connectivity index (χ0) is 14.7. The Labute approximate surface area is 115 Å². The second-order valence-electron chi connectivity index (χ2n) is 4.46. The lowest BCUT2D eigenvalue weighted by Gasteiger charge is -2.12. The number of nitrogen functional groups attached to an aromatic ring is 1. The van der Waals surface area contributed by atoms with E-state index in [0.29, 0.717) is 25.3 Å². The largest absolute Gasteiger partial charge is 0.332 e. The van der Waals surface area contributed by atoms with E-state index in [-0.39, 0.29) is 16.9 Å². The van der Waals surface area contributed by atoms with Crippen LogP contribution in [0, 0.1) is 0 Å². The fourth-order valence-electron chi connectivity index (χ4n) is 2.08. The first-order valence-corrected chi connectivity index (χ1v) is 6.61. The van der Waals surface area contributed by atoms with Gasteiger partial charge in [-0.05, 0) is 12.8 Å². The lowest BCUT2D eigenvalue weighted by atomic mass is 10.4. The highest BCUT2D eigenvalue weighted by Gasteiger charge is 2.14. The van der Waals surface area contributed by atoms with Crippen LogP contribution in [-0.4, -0.2) is 19.1 Å². The number of nitrogens with one attached hydrogen (secondary N) is 1. The van der Waals surface area contributed by atoms with Gasteiger partial charge in [0.25, 0.3) is 5.56 Å². The van der Waals surface area contributed by atoms with E-state index in [1.807, 2.05) is 13.8 Å². The Morgan fingerprint density at radius 3 is 2.45 bits per heavy atom. The lowest BCUT2D eigenvalue weighted by Crippen LogP contribution is -2.40. The van der Waals surface area contributed by atoms with Crippen molar-refractivity contribution in [2.24, 2.45) is 5.84 Å². The van der Waals surface area contributed by atoms with Crippen LogP contribution in [0.15, 0.2) is 15.8 Å². The van der Waals surface area contributed by atoms with Gasteiger partial charge in [0.15, 0.2) is 17.0 Å². The summed E-state index contributed by atoms with van der Waals surface area (Å²) in [6, 6.07) is 0. The second-order valence-corrected chi connectivity index (χ2v) is 4.46. The Bertz CT molecular complexity index is 733. The quantitative estimate of drug-likeness (QED) is 0.591. The summed E-state index contributed by atoms with van der Waals surface area (Å²) in [5.41, 5.74) is 2.06. The minimum absolute atomic E-state index is 0.186. The van der Waals surface area contributed by atoms with Crippen molar-refractivity contribution in [2.75, 3.05) is 5.43 Å². The number of hydrogen-bond acceptors (Lipinski definition) is 6. The molecule has 0 saturated carbocycles. The molecule has 0 unspecified atom stereocenters. The lowest BCUT2D eigenvalue weighted by molar-refractivity contribution is 0.554. The molecule has 0 aromatic carbocycles. The van der Waals surface area contributed by atoms with Crippen molar-refractivity contribution < 1.29 is 0 Å². The normalized spacial score (nSPS) is 10.9. The van der Waals surface area contributed by atoms with Gasteiger partial charge in [-0.2, -0.15) is 0 Å². The predicted molar refractivity (Wildman–Crippen MR) is 76.5 cm³/mol. The molecule has 0 spiro atoms. The number of anilines is 1. The number of fused-ring (bicyclic) bond motifs is 1. The highest BCUT2D eigenvalue weighted by molar-refractivity contribution is 5.70. The molecule has 0 saturated heterocycles. The second kappa shape index (κ2) is 5.83. The third-order valence-corrected chi connectivity index (χ3v) is 2.96. The highest BCUT2D eigenvalue weighted by Crippen LogP contribution is 2.07. The predicted octanol–water partition coefficient (Wildman–Crippen LogP) is 0.0588. The molecule has 3 N–H and O–H groups in total. The molecule has 0 fully saturated rings. The Kier molecular flexibility index (Phi) is 4.14. The van der Waals surface area contributed by atoms with Gasteiger partial charge in [0.2, 0.25) is 0 Å². The highest BCUT2D eigenvalue weighted by atomic mass is 16.2. The molecule has 8 heteroatoms. The van der Waals surface area contributed by atoms with Crippen molar-refractivity contribution in [3.8, 4) is 0 Å². The summed E-state index contributed by atoms with van der Waals surface area (Å²) in [7, 11) is 0. The zero-order valence-corrected chi connectivity index (χ0v) is 11.6. The summed E-state index contributed by atoms with van der Waals surface area (Å²) in [5.74, 6) is 5.61. The number of hydrazine groups is 1. The topological polar surface area (TPSA) is 108 Å². The number of hydrogen-bond donors (Lipinski definition) is 2. The number of nitrogens with zero attached hydrogens (tertiary/aromatic N) is 4. The monoisotopic (exact) mass is 278 g/mol. The van der Waals surface area contributed by atoms with Crippen molar-refractivity contribution in [3.63, 3.8) is 0 Å². The van der Waals surface area contributed by atoms with Crippen LogP contribution in [0.5, 0.6) is 0 Å². The van der Waals surface area contributed by atoms with Gasteiger partial charge in [-0.25, -0.2) is 20.6 Å². The van der Waals surface area contributed by atoms with E-state index in [1.165, 1.54) is 15.3 Å². The molecule has 0 aliphatic heterocycles. The Balaban J connectivity index is 2.87. The molecule has 0 bridgehead atoms. The first-order valence-electron chi connectivity index (χ1n) is 6.61. The van der Waals surface area contributed by atoms with Crippen LogP contribution >= 0.6 is 0 Å². The van der Waals surface area contributed by atoms with Crippen LogP contribution < -0.4 is 22.5 Å². The molecule has 0 aliphatic carbocycles. The van der Waals surface area contributed by atoms with E-state index in [9.17, 15) is 9.59 Å². The smallest absolute Gasteiger partial charge is 0.307 e. The molecule has 2 rings (SSSR count). The average Bonchev–Trinajstić information content (AvgIpc) is 2.47. The molecular weight excluding hydrogens is 260 g/mol. The molecule has 108 valence electrons. The number of nitrogens with two attached hydrogens (primary N) is 1. The summed E-state index contributed by atoms with van der Waals surface area (Å²) >= 11 is 0. The molecule has 20 heavy (non-hydrogen) atoms. The molecule has 0 radical (unpaired) electrons. The van der Waals surface area contributed by atoms with Crippen LogP contribution in [0.4, 0.5) is 5.82 Å². The van der Waals surface area contributed by atoms with Crippen molar-refractivity contribution in [3.05, 3.63) is 27.0 Å². The van der Waals surface area contributed by atoms with Gasteiger partial charge in [-0.1, -0.05) is 13.8 Å². The van der Waals surface area contributed by atoms with Crippen molar-refractivity contribution >= 4 is 17.0 Å². The van der Waals surface area contributed by atoms with Gasteiger partial charge < -0.3 is 5.43 Å². The van der Waals surface area contributed by atoms with E-state index in [4.69, 9.17) is 5.84 Å². The minimum atomic E-state index is -0.407. The van der Waals surface area contributed by atoms with E-state index < -0.39 is 5.56 Å². The number of aryl methyl sites for hydroxylation is 1. The van der Waals surface area contributed by atoms with Gasteiger partial charge >= 0.3 is 5.69 Å². The summed E-state index contributed by atoms with van der Waals surface area (Å²) < 4.78 is 2.68. The Morgan fingerprint density at radius 2 is 1.85 bits per heavy atom. The van der Waals surface area contributed by atoms with Gasteiger partial charge in [0, 0.05) is 13.1 Å². The van der Waals surface area contributed by atoms with Crippen molar-refractivity contribution in [2.45, 2.75) is 39.8 Å². The molecule has 0 amide bonds. The molecule has 8 nitrogen and oxygen atoms in total. The number of aromatic nitrogens is 4. The molecular formula is C12H18N6O2. The summed E-state index contributed by atoms with van der Waals surface area (Å²) in [6.07, 6.45) is 2.82. The third kappa shape index (κ3) is 2.29. The number of rotatable bonds is 5. The standard InChI is InChI=1S/C12H18N6O2/c1-3-5-17-10-9(14-7-8(15-10)16-13)11(19)18(6-4-2)12(17)20/h7H,3-6,13H2,1-2H3,(H,15,16). The average molecular weight is 278 g/mol. The van der Waals surface area contributed by atoms with Crippen LogP contribution in [0.25, 0.3) is 11.2 Å².